The highest BCUT2D eigenvalue weighted by Gasteiger charge is 2.29. The molecule has 0 aromatic carbocycles. The Morgan fingerprint density at radius 2 is 2.16 bits per heavy atom. The molecular formula is C14H29N3O2. The number of likely N-dealkylation sites (N-methyl/N-ethyl adjacent to an activating group) is 1. The van der Waals surface area contributed by atoms with E-state index in [1.165, 1.54) is 0 Å². The van der Waals surface area contributed by atoms with Crippen molar-refractivity contribution in [3.63, 3.8) is 0 Å². The van der Waals surface area contributed by atoms with Gasteiger partial charge in [0.1, 0.15) is 0 Å². The molecule has 1 fully saturated rings. The average Bonchev–Trinajstić information content (AvgIpc) is 2.74. The number of amides is 2. The number of urea groups is 1. The van der Waals surface area contributed by atoms with Gasteiger partial charge in [-0.25, -0.2) is 4.79 Å². The predicted octanol–water partition coefficient (Wildman–Crippen LogP) is 1.13. The summed E-state index contributed by atoms with van der Waals surface area (Å²) in [5.74, 6) is 0.553. The maximum Gasteiger partial charge on any atom is 0.317 e. The van der Waals surface area contributed by atoms with E-state index in [4.69, 9.17) is 0 Å². The summed E-state index contributed by atoms with van der Waals surface area (Å²) in [6.07, 6.45) is 2.87. The van der Waals surface area contributed by atoms with E-state index >= 15 is 0 Å². The third-order valence-corrected chi connectivity index (χ3v) is 3.52. The molecule has 1 rings (SSSR count). The number of nitrogens with one attached hydrogen (secondary N) is 1. The Labute approximate surface area is 117 Å². The van der Waals surface area contributed by atoms with E-state index in [1.54, 1.807) is 4.90 Å². The monoisotopic (exact) mass is 271 g/mol. The molecule has 0 radical (unpaired) electrons. The van der Waals surface area contributed by atoms with Gasteiger partial charge in [0, 0.05) is 19.1 Å². The van der Waals surface area contributed by atoms with Gasteiger partial charge in [-0.2, -0.15) is 0 Å². The van der Waals surface area contributed by atoms with Crippen LogP contribution >= 0.6 is 0 Å². The van der Waals surface area contributed by atoms with Gasteiger partial charge in [-0.05, 0) is 39.3 Å². The lowest BCUT2D eigenvalue weighted by atomic mass is 10.0. The topological polar surface area (TPSA) is 55.8 Å². The highest BCUT2D eigenvalue weighted by atomic mass is 16.3. The first-order valence-corrected chi connectivity index (χ1v) is 7.26. The zero-order valence-corrected chi connectivity index (χ0v) is 12.7. The van der Waals surface area contributed by atoms with Crippen molar-refractivity contribution in [2.75, 3.05) is 33.8 Å². The van der Waals surface area contributed by atoms with Crippen molar-refractivity contribution in [2.45, 2.75) is 45.2 Å². The first-order chi connectivity index (χ1) is 8.93. The molecule has 5 heteroatoms. The number of aliphatic hydroxyl groups is 1. The average molecular weight is 271 g/mol. The molecule has 2 atom stereocenters. The van der Waals surface area contributed by atoms with Gasteiger partial charge in [0.05, 0.1) is 12.6 Å². The minimum absolute atomic E-state index is 0.000874. The summed E-state index contributed by atoms with van der Waals surface area (Å²) < 4.78 is 0. The minimum atomic E-state index is -0.0240. The maximum atomic E-state index is 12.3. The number of rotatable bonds is 6. The van der Waals surface area contributed by atoms with Crippen molar-refractivity contribution in [1.82, 2.24) is 15.1 Å². The van der Waals surface area contributed by atoms with Gasteiger partial charge in [0.2, 0.25) is 0 Å². The molecule has 1 aliphatic rings. The second kappa shape index (κ2) is 7.70. The van der Waals surface area contributed by atoms with Gasteiger partial charge in [-0.3, -0.25) is 0 Å². The van der Waals surface area contributed by atoms with Crippen LogP contribution in [0.1, 0.15) is 33.1 Å². The van der Waals surface area contributed by atoms with Crippen LogP contribution in [-0.2, 0) is 0 Å². The Bertz CT molecular complexity index is 272. The summed E-state index contributed by atoms with van der Waals surface area (Å²) in [5.41, 5.74) is 0. The minimum Gasteiger partial charge on any atom is -0.394 e. The second-order valence-corrected chi connectivity index (χ2v) is 6.21. The molecule has 1 saturated heterocycles. The van der Waals surface area contributed by atoms with E-state index in [2.05, 4.69) is 24.1 Å². The smallest absolute Gasteiger partial charge is 0.317 e. The first kappa shape index (κ1) is 16.2. The van der Waals surface area contributed by atoms with E-state index in [0.717, 1.165) is 32.4 Å². The van der Waals surface area contributed by atoms with Crippen LogP contribution in [0, 0.1) is 5.92 Å². The quantitative estimate of drug-likeness (QED) is 0.761. The van der Waals surface area contributed by atoms with Crippen LogP contribution in [0.5, 0.6) is 0 Å². The van der Waals surface area contributed by atoms with Crippen LogP contribution in [0.4, 0.5) is 4.79 Å². The van der Waals surface area contributed by atoms with Crippen molar-refractivity contribution in [3.05, 3.63) is 0 Å². The molecule has 0 aliphatic carbocycles. The third kappa shape index (κ3) is 5.37. The number of carbonyl (C=O) groups is 1. The molecule has 2 N–H and O–H groups in total. The molecule has 0 spiro atoms. The molecule has 0 aromatic heterocycles. The fourth-order valence-electron chi connectivity index (χ4n) is 2.74. The van der Waals surface area contributed by atoms with E-state index in [-0.39, 0.29) is 24.7 Å². The molecular weight excluding hydrogens is 242 g/mol. The normalized spacial score (nSPS) is 21.2. The fourth-order valence-corrected chi connectivity index (χ4v) is 2.74. The summed E-state index contributed by atoms with van der Waals surface area (Å²) in [5, 5.41) is 12.4. The molecule has 19 heavy (non-hydrogen) atoms. The SMILES string of the molecule is CC(C)CC(CN(C)C)NC(=O)N1CCCC1CO. The molecule has 1 heterocycles. The van der Waals surface area contributed by atoms with Crippen molar-refractivity contribution in [1.29, 1.82) is 0 Å². The van der Waals surface area contributed by atoms with Crippen molar-refractivity contribution in [3.8, 4) is 0 Å². The number of aliphatic hydroxyl groups excluding tert-OH is 1. The van der Waals surface area contributed by atoms with E-state index in [0.29, 0.717) is 5.92 Å². The lowest BCUT2D eigenvalue weighted by Gasteiger charge is -2.29. The molecule has 1 aliphatic heterocycles. The number of carbonyl (C=O) groups excluding carboxylic acids is 1. The molecule has 0 aromatic rings. The predicted molar refractivity (Wildman–Crippen MR) is 77.1 cm³/mol. The summed E-state index contributed by atoms with van der Waals surface area (Å²) in [6, 6.07) is 0.144. The fraction of sp³-hybridized carbons (Fsp3) is 0.929. The largest absolute Gasteiger partial charge is 0.394 e. The van der Waals surface area contributed by atoms with Crippen LogP contribution in [0.15, 0.2) is 0 Å². The molecule has 0 saturated carbocycles. The van der Waals surface area contributed by atoms with Crippen LogP contribution in [0.2, 0.25) is 0 Å². The van der Waals surface area contributed by atoms with Crippen molar-refractivity contribution >= 4 is 6.03 Å². The Morgan fingerprint density at radius 3 is 2.68 bits per heavy atom. The molecule has 2 amide bonds. The summed E-state index contributed by atoms with van der Waals surface area (Å²) in [4.78, 5) is 16.2. The number of nitrogens with zero attached hydrogens (tertiary/aromatic N) is 2. The van der Waals surface area contributed by atoms with Gasteiger partial charge in [0.15, 0.2) is 0 Å². The van der Waals surface area contributed by atoms with Crippen LogP contribution in [0.3, 0.4) is 0 Å². The summed E-state index contributed by atoms with van der Waals surface area (Å²) in [6.45, 7) is 6.01. The Morgan fingerprint density at radius 1 is 1.47 bits per heavy atom. The van der Waals surface area contributed by atoms with Gasteiger partial charge >= 0.3 is 6.03 Å². The van der Waals surface area contributed by atoms with Gasteiger partial charge in [-0.15, -0.1) is 0 Å². The third-order valence-electron chi connectivity index (χ3n) is 3.52. The van der Waals surface area contributed by atoms with E-state index in [9.17, 15) is 9.90 Å². The van der Waals surface area contributed by atoms with E-state index in [1.807, 2.05) is 14.1 Å². The lowest BCUT2D eigenvalue weighted by Crippen LogP contribution is -2.50. The van der Waals surface area contributed by atoms with Crippen LogP contribution < -0.4 is 5.32 Å². The van der Waals surface area contributed by atoms with Gasteiger partial charge in [0.25, 0.3) is 0 Å². The van der Waals surface area contributed by atoms with Crippen molar-refractivity contribution < 1.29 is 9.90 Å². The van der Waals surface area contributed by atoms with Crippen LogP contribution in [-0.4, -0.2) is 66.8 Å². The molecule has 5 nitrogen and oxygen atoms in total. The first-order valence-electron chi connectivity index (χ1n) is 7.26. The zero-order chi connectivity index (χ0) is 14.4. The van der Waals surface area contributed by atoms with Gasteiger partial charge < -0.3 is 20.2 Å². The van der Waals surface area contributed by atoms with E-state index < -0.39 is 0 Å². The van der Waals surface area contributed by atoms with Crippen molar-refractivity contribution in [2.24, 2.45) is 5.92 Å². The number of hydrogen-bond donors (Lipinski definition) is 2. The number of hydrogen-bond acceptors (Lipinski definition) is 3. The second-order valence-electron chi connectivity index (χ2n) is 6.21. The zero-order valence-electron chi connectivity index (χ0n) is 12.7. The summed E-state index contributed by atoms with van der Waals surface area (Å²) >= 11 is 0. The Hall–Kier alpha value is -0.810. The Kier molecular flexibility index (Phi) is 6.58. The standard InChI is InChI=1S/C14H29N3O2/c1-11(2)8-12(9-16(3)4)15-14(19)17-7-5-6-13(17)10-18/h11-13,18H,5-10H2,1-4H3,(H,15,19). The highest BCUT2D eigenvalue weighted by molar-refractivity contribution is 5.75. The molecule has 0 bridgehead atoms. The Balaban J connectivity index is 2.54. The summed E-state index contributed by atoms with van der Waals surface area (Å²) in [7, 11) is 4.04. The lowest BCUT2D eigenvalue weighted by molar-refractivity contribution is 0.151. The van der Waals surface area contributed by atoms with Crippen LogP contribution in [0.25, 0.3) is 0 Å². The van der Waals surface area contributed by atoms with Gasteiger partial charge in [-0.1, -0.05) is 13.8 Å². The molecule has 112 valence electrons. The molecule has 2 unspecified atom stereocenters. The number of likely N-dealkylation sites (tertiary alicyclic amines) is 1. The highest BCUT2D eigenvalue weighted by Crippen LogP contribution is 2.17. The maximum absolute atomic E-state index is 12.3.